The van der Waals surface area contributed by atoms with E-state index < -0.39 is 26.9 Å². The molecular formula is C12H14F2N2O2S. The van der Waals surface area contributed by atoms with E-state index in [-0.39, 0.29) is 19.4 Å². The number of nitrogens with one attached hydrogen (secondary N) is 1. The van der Waals surface area contributed by atoms with Crippen molar-refractivity contribution in [2.45, 2.75) is 25.0 Å². The molecule has 0 saturated carbocycles. The van der Waals surface area contributed by atoms with Crippen molar-refractivity contribution in [1.82, 2.24) is 4.72 Å². The maximum absolute atomic E-state index is 12.9. The molecular weight excluding hydrogens is 274 g/mol. The normalized spacial score (nSPS) is 12.9. The van der Waals surface area contributed by atoms with E-state index in [1.165, 1.54) is 0 Å². The fourth-order valence-corrected chi connectivity index (χ4v) is 2.74. The molecule has 0 aliphatic rings. The van der Waals surface area contributed by atoms with Crippen LogP contribution >= 0.6 is 0 Å². The molecule has 0 fully saturated rings. The number of rotatable bonds is 6. The van der Waals surface area contributed by atoms with Gasteiger partial charge in [0, 0.05) is 12.6 Å². The molecule has 0 amide bonds. The number of nitriles is 1. The first kappa shape index (κ1) is 15.5. The van der Waals surface area contributed by atoms with Gasteiger partial charge >= 0.3 is 0 Å². The maximum Gasteiger partial charge on any atom is 0.227 e. The zero-order valence-electron chi connectivity index (χ0n) is 10.4. The molecule has 104 valence electrons. The highest BCUT2D eigenvalue weighted by molar-refractivity contribution is 7.90. The molecule has 1 rings (SSSR count). The van der Waals surface area contributed by atoms with Crippen molar-refractivity contribution in [3.8, 4) is 6.07 Å². The number of sulfonamides is 1. The van der Waals surface area contributed by atoms with Crippen LogP contribution < -0.4 is 4.72 Å². The van der Waals surface area contributed by atoms with Gasteiger partial charge in [-0.15, -0.1) is 0 Å². The molecule has 0 saturated heterocycles. The molecule has 0 spiro atoms. The largest absolute Gasteiger partial charge is 0.227 e. The maximum atomic E-state index is 12.9. The Balaban J connectivity index is 2.62. The molecule has 1 unspecified atom stereocenters. The molecule has 0 aliphatic carbocycles. The summed E-state index contributed by atoms with van der Waals surface area (Å²) in [6, 6.07) is 4.71. The third kappa shape index (κ3) is 4.58. The number of benzene rings is 1. The zero-order valence-corrected chi connectivity index (χ0v) is 11.2. The van der Waals surface area contributed by atoms with E-state index in [1.54, 1.807) is 13.0 Å². The molecule has 0 aliphatic heterocycles. The summed E-state index contributed by atoms with van der Waals surface area (Å²) in [5, 5.41) is 7.57. The Labute approximate surface area is 111 Å². The molecule has 0 radical (unpaired) electrons. The van der Waals surface area contributed by atoms with Gasteiger partial charge in [-0.25, -0.2) is 21.9 Å². The third-order valence-corrected chi connectivity index (χ3v) is 4.32. The highest BCUT2D eigenvalue weighted by atomic mass is 32.2. The minimum absolute atomic E-state index is 0.0105. The highest BCUT2D eigenvalue weighted by Gasteiger charge is 2.22. The van der Waals surface area contributed by atoms with Crippen molar-refractivity contribution in [3.63, 3.8) is 0 Å². The van der Waals surface area contributed by atoms with Crippen LogP contribution in [0.3, 0.4) is 0 Å². The minimum atomic E-state index is -3.71. The van der Waals surface area contributed by atoms with Gasteiger partial charge in [-0.1, -0.05) is 6.92 Å². The lowest BCUT2D eigenvalue weighted by Gasteiger charge is -2.10. The van der Waals surface area contributed by atoms with Crippen LogP contribution in [0.4, 0.5) is 8.78 Å². The SMILES string of the molecule is CCC(C#N)S(=O)(=O)NCCc1cc(F)cc(F)c1. The van der Waals surface area contributed by atoms with Gasteiger partial charge in [0.25, 0.3) is 0 Å². The second-order valence-electron chi connectivity index (χ2n) is 3.99. The summed E-state index contributed by atoms with van der Waals surface area (Å²) in [5.74, 6) is -1.41. The molecule has 1 N–H and O–H groups in total. The van der Waals surface area contributed by atoms with Gasteiger partial charge in [0.1, 0.15) is 11.6 Å². The van der Waals surface area contributed by atoms with E-state index in [4.69, 9.17) is 5.26 Å². The molecule has 1 aromatic carbocycles. The number of halogens is 2. The van der Waals surface area contributed by atoms with Crippen LogP contribution in [0.2, 0.25) is 0 Å². The van der Waals surface area contributed by atoms with Crippen LogP contribution in [0.5, 0.6) is 0 Å². The van der Waals surface area contributed by atoms with Gasteiger partial charge in [0.2, 0.25) is 10.0 Å². The summed E-state index contributed by atoms with van der Waals surface area (Å²) in [4.78, 5) is 0. The van der Waals surface area contributed by atoms with Gasteiger partial charge in [-0.2, -0.15) is 5.26 Å². The quantitative estimate of drug-likeness (QED) is 0.866. The van der Waals surface area contributed by atoms with Crippen molar-refractivity contribution in [2.75, 3.05) is 6.54 Å². The Hall–Kier alpha value is -1.52. The average molecular weight is 288 g/mol. The standard InChI is InChI=1S/C12H14F2N2O2S/c1-2-12(8-15)19(17,18)16-4-3-9-5-10(13)7-11(14)6-9/h5-7,12,16H,2-4H2,1H3. The highest BCUT2D eigenvalue weighted by Crippen LogP contribution is 2.09. The second kappa shape index (κ2) is 6.59. The molecule has 0 aromatic heterocycles. The fourth-order valence-electron chi connectivity index (χ4n) is 1.57. The predicted molar refractivity (Wildman–Crippen MR) is 66.7 cm³/mol. The second-order valence-corrected chi connectivity index (χ2v) is 5.94. The number of hydrogen-bond donors (Lipinski definition) is 1. The van der Waals surface area contributed by atoms with E-state index in [0.29, 0.717) is 5.56 Å². The summed E-state index contributed by atoms with van der Waals surface area (Å²) < 4.78 is 51.3. The molecule has 7 heteroatoms. The van der Waals surface area contributed by atoms with E-state index in [9.17, 15) is 17.2 Å². The van der Waals surface area contributed by atoms with Crippen LogP contribution in [-0.2, 0) is 16.4 Å². The van der Waals surface area contributed by atoms with Crippen LogP contribution in [0.25, 0.3) is 0 Å². The first-order chi connectivity index (χ1) is 8.89. The van der Waals surface area contributed by atoms with E-state index in [2.05, 4.69) is 4.72 Å². The Bertz CT molecular complexity index is 562. The smallest absolute Gasteiger partial charge is 0.214 e. The predicted octanol–water partition coefficient (Wildman–Crippen LogP) is 1.73. The zero-order chi connectivity index (χ0) is 14.5. The third-order valence-electron chi connectivity index (χ3n) is 2.53. The Morgan fingerprint density at radius 3 is 2.37 bits per heavy atom. The minimum Gasteiger partial charge on any atom is -0.214 e. The lowest BCUT2D eigenvalue weighted by Crippen LogP contribution is -2.34. The Kier molecular flexibility index (Phi) is 5.39. The van der Waals surface area contributed by atoms with Gasteiger partial charge in [0.15, 0.2) is 5.25 Å². The van der Waals surface area contributed by atoms with Gasteiger partial charge in [0.05, 0.1) is 6.07 Å². The Morgan fingerprint density at radius 1 is 1.32 bits per heavy atom. The molecule has 0 bridgehead atoms. The van der Waals surface area contributed by atoms with Crippen molar-refractivity contribution in [2.24, 2.45) is 0 Å². The van der Waals surface area contributed by atoms with Crippen molar-refractivity contribution >= 4 is 10.0 Å². The molecule has 0 heterocycles. The first-order valence-electron chi connectivity index (χ1n) is 5.72. The fraction of sp³-hybridized carbons (Fsp3) is 0.417. The van der Waals surface area contributed by atoms with E-state index >= 15 is 0 Å². The number of hydrogen-bond acceptors (Lipinski definition) is 3. The van der Waals surface area contributed by atoms with Crippen LogP contribution in [0, 0.1) is 23.0 Å². The van der Waals surface area contributed by atoms with Gasteiger partial charge in [-0.05, 0) is 30.5 Å². The van der Waals surface area contributed by atoms with Crippen molar-refractivity contribution < 1.29 is 17.2 Å². The molecule has 19 heavy (non-hydrogen) atoms. The van der Waals surface area contributed by atoms with Crippen LogP contribution in [-0.4, -0.2) is 20.2 Å². The van der Waals surface area contributed by atoms with Crippen LogP contribution in [0.15, 0.2) is 18.2 Å². The topological polar surface area (TPSA) is 70.0 Å². The summed E-state index contributed by atoms with van der Waals surface area (Å²) in [7, 11) is -3.71. The summed E-state index contributed by atoms with van der Waals surface area (Å²) in [6.45, 7) is 1.58. The molecule has 4 nitrogen and oxygen atoms in total. The molecule has 1 aromatic rings. The Morgan fingerprint density at radius 2 is 1.89 bits per heavy atom. The lowest BCUT2D eigenvalue weighted by atomic mass is 10.1. The molecule has 1 atom stereocenters. The summed E-state index contributed by atoms with van der Waals surface area (Å²) in [5.41, 5.74) is 0.352. The number of nitrogens with zero attached hydrogens (tertiary/aromatic N) is 1. The summed E-state index contributed by atoms with van der Waals surface area (Å²) in [6.07, 6.45) is 0.330. The van der Waals surface area contributed by atoms with E-state index in [0.717, 1.165) is 18.2 Å². The summed E-state index contributed by atoms with van der Waals surface area (Å²) >= 11 is 0. The van der Waals surface area contributed by atoms with Crippen molar-refractivity contribution in [1.29, 1.82) is 5.26 Å². The van der Waals surface area contributed by atoms with Crippen molar-refractivity contribution in [3.05, 3.63) is 35.4 Å². The van der Waals surface area contributed by atoms with Gasteiger partial charge in [-0.3, -0.25) is 0 Å². The van der Waals surface area contributed by atoms with Crippen LogP contribution in [0.1, 0.15) is 18.9 Å². The monoisotopic (exact) mass is 288 g/mol. The van der Waals surface area contributed by atoms with Gasteiger partial charge < -0.3 is 0 Å². The average Bonchev–Trinajstić information content (AvgIpc) is 2.28. The lowest BCUT2D eigenvalue weighted by molar-refractivity contribution is 0.571. The first-order valence-corrected chi connectivity index (χ1v) is 7.26. The van der Waals surface area contributed by atoms with E-state index in [1.807, 2.05) is 0 Å².